The molecule has 44 heavy (non-hydrogen) atoms. The van der Waals surface area contributed by atoms with Crippen LogP contribution in [0.25, 0.3) is 0 Å². The Labute approximate surface area is 261 Å². The molecule has 0 fully saturated rings. The molecule has 11 heteroatoms. The predicted molar refractivity (Wildman–Crippen MR) is 171 cm³/mol. The van der Waals surface area contributed by atoms with Crippen LogP contribution >= 0.6 is 11.8 Å². The predicted octanol–water partition coefficient (Wildman–Crippen LogP) is 5.82. The molecule has 1 N–H and O–H groups in total. The van der Waals surface area contributed by atoms with Crippen LogP contribution in [0.4, 0.5) is 15.8 Å². The number of hydrogen-bond donors (Lipinski definition) is 1. The molecule has 1 unspecified atom stereocenters. The van der Waals surface area contributed by atoms with E-state index < -0.39 is 17.8 Å². The molecular weight excluding hydrogens is 581 g/mol. The summed E-state index contributed by atoms with van der Waals surface area (Å²) in [5, 5.41) is 3.44. The maximum absolute atomic E-state index is 14.2. The highest BCUT2D eigenvalue weighted by Gasteiger charge is 2.33. The zero-order chi connectivity index (χ0) is 31.8. The van der Waals surface area contributed by atoms with E-state index in [0.29, 0.717) is 33.5 Å². The first-order valence-electron chi connectivity index (χ1n) is 13.9. The molecule has 0 saturated heterocycles. The third kappa shape index (κ3) is 8.25. The van der Waals surface area contributed by atoms with E-state index in [1.165, 1.54) is 43.0 Å². The number of halogens is 1. The summed E-state index contributed by atoms with van der Waals surface area (Å²) >= 11 is 1.19. The number of amides is 2. The molecule has 0 bridgehead atoms. The molecule has 230 valence electrons. The Kier molecular flexibility index (Phi) is 10.8. The summed E-state index contributed by atoms with van der Waals surface area (Å²) in [6.45, 7) is 3.77. The molecule has 1 heterocycles. The molecule has 0 aliphatic heterocycles. The van der Waals surface area contributed by atoms with Crippen molar-refractivity contribution in [2.45, 2.75) is 31.6 Å². The van der Waals surface area contributed by atoms with E-state index in [4.69, 9.17) is 9.47 Å². The van der Waals surface area contributed by atoms with Crippen LogP contribution in [0.5, 0.6) is 11.5 Å². The summed E-state index contributed by atoms with van der Waals surface area (Å²) in [7, 11) is 6.89. The topological polar surface area (TPSA) is 96.9 Å². The monoisotopic (exact) mass is 617 g/mol. The van der Waals surface area contributed by atoms with E-state index in [2.05, 4.69) is 15.3 Å². The van der Waals surface area contributed by atoms with Crippen LogP contribution in [0.3, 0.4) is 0 Å². The molecule has 9 nitrogen and oxygen atoms in total. The van der Waals surface area contributed by atoms with E-state index in [-0.39, 0.29) is 18.2 Å². The Morgan fingerprint density at radius 2 is 1.52 bits per heavy atom. The van der Waals surface area contributed by atoms with Crippen LogP contribution in [-0.4, -0.2) is 60.8 Å². The summed E-state index contributed by atoms with van der Waals surface area (Å²) < 4.78 is 24.7. The average Bonchev–Trinajstić information content (AvgIpc) is 3.00. The summed E-state index contributed by atoms with van der Waals surface area (Å²) in [6.07, 6.45) is 0. The number of nitrogens with one attached hydrogen (secondary N) is 1. The number of carbonyl (C=O) groups is 2. The molecular formula is C33H36FN5O4S. The summed E-state index contributed by atoms with van der Waals surface area (Å²) in [6, 6.07) is 19.1. The zero-order valence-corrected chi connectivity index (χ0v) is 26.4. The smallest absolute Gasteiger partial charge is 0.251 e. The molecule has 0 radical (unpaired) electrons. The van der Waals surface area contributed by atoms with Crippen LogP contribution in [-0.2, 0) is 16.1 Å². The van der Waals surface area contributed by atoms with Gasteiger partial charge in [-0.25, -0.2) is 14.4 Å². The van der Waals surface area contributed by atoms with Crippen LogP contribution in [0, 0.1) is 19.7 Å². The number of carbonyl (C=O) groups excluding carboxylic acids is 2. The third-order valence-electron chi connectivity index (χ3n) is 6.81. The van der Waals surface area contributed by atoms with Crippen molar-refractivity contribution >= 4 is 35.0 Å². The maximum Gasteiger partial charge on any atom is 0.251 e. The summed E-state index contributed by atoms with van der Waals surface area (Å²) in [4.78, 5) is 40.5. The third-order valence-corrected chi connectivity index (χ3v) is 7.64. The first-order chi connectivity index (χ1) is 21.1. The van der Waals surface area contributed by atoms with Crippen LogP contribution < -0.4 is 19.7 Å². The largest absolute Gasteiger partial charge is 0.493 e. The fraction of sp³-hybridized carbons (Fsp3) is 0.273. The fourth-order valence-electron chi connectivity index (χ4n) is 4.63. The second kappa shape index (κ2) is 14.7. The van der Waals surface area contributed by atoms with Gasteiger partial charge in [-0.1, -0.05) is 30.0 Å². The highest BCUT2D eigenvalue weighted by Crippen LogP contribution is 2.34. The molecule has 0 spiro atoms. The van der Waals surface area contributed by atoms with Crippen molar-refractivity contribution in [1.29, 1.82) is 0 Å². The Morgan fingerprint density at radius 1 is 0.886 bits per heavy atom. The van der Waals surface area contributed by atoms with Crippen molar-refractivity contribution in [3.63, 3.8) is 0 Å². The second-order valence-corrected chi connectivity index (χ2v) is 11.3. The first kappa shape index (κ1) is 32.3. The molecule has 2 amide bonds. The van der Waals surface area contributed by atoms with E-state index in [0.717, 1.165) is 17.1 Å². The number of aryl methyl sites for hydroxylation is 2. The van der Waals surface area contributed by atoms with Crippen LogP contribution in [0.1, 0.15) is 28.6 Å². The molecule has 3 aromatic carbocycles. The number of anilines is 2. The lowest BCUT2D eigenvalue weighted by Gasteiger charge is -2.32. The van der Waals surface area contributed by atoms with Gasteiger partial charge < -0.3 is 24.6 Å². The van der Waals surface area contributed by atoms with Gasteiger partial charge in [-0.05, 0) is 79.6 Å². The molecule has 0 aliphatic rings. The van der Waals surface area contributed by atoms with Gasteiger partial charge in [-0.3, -0.25) is 9.59 Å². The lowest BCUT2D eigenvalue weighted by atomic mass is 10.0. The molecule has 1 aromatic heterocycles. The van der Waals surface area contributed by atoms with Gasteiger partial charge in [0.05, 0.1) is 20.0 Å². The molecule has 4 rings (SSSR count). The van der Waals surface area contributed by atoms with Gasteiger partial charge in [0.2, 0.25) is 5.91 Å². The highest BCUT2D eigenvalue weighted by atomic mass is 32.2. The fourth-order valence-corrected chi connectivity index (χ4v) is 5.46. The summed E-state index contributed by atoms with van der Waals surface area (Å²) in [5.74, 6) is -0.306. The van der Waals surface area contributed by atoms with E-state index in [9.17, 15) is 14.0 Å². The molecule has 1 atom stereocenters. The van der Waals surface area contributed by atoms with Crippen molar-refractivity contribution in [3.8, 4) is 11.5 Å². The van der Waals surface area contributed by atoms with Gasteiger partial charge in [-0.2, -0.15) is 0 Å². The van der Waals surface area contributed by atoms with Gasteiger partial charge >= 0.3 is 0 Å². The highest BCUT2D eigenvalue weighted by molar-refractivity contribution is 7.99. The minimum Gasteiger partial charge on any atom is -0.493 e. The maximum atomic E-state index is 14.2. The lowest BCUT2D eigenvalue weighted by molar-refractivity contribution is -0.137. The van der Waals surface area contributed by atoms with Crippen molar-refractivity contribution in [2.75, 3.05) is 44.3 Å². The number of methoxy groups -OCH3 is 2. The molecule has 4 aromatic rings. The van der Waals surface area contributed by atoms with Crippen LogP contribution in [0.2, 0.25) is 0 Å². The first-order valence-corrected chi connectivity index (χ1v) is 14.9. The standard InChI is InChI=1S/C33H36FN5O4S/c1-21-17-22(2)36-33(35-21)44-20-30(40)39(19-23-7-10-25(34)11-8-23)31(24-9-16-28(42-5)29(18-24)43-6)32(41)37-26-12-14-27(15-13-26)38(3)4/h7-18,31H,19-20H2,1-6H3,(H,37,41). The number of thioether (sulfide) groups is 1. The number of nitrogens with zero attached hydrogens (tertiary/aromatic N) is 4. The second-order valence-electron chi connectivity index (χ2n) is 10.3. The zero-order valence-electron chi connectivity index (χ0n) is 25.6. The SMILES string of the molecule is COc1ccc(C(C(=O)Nc2ccc(N(C)C)cc2)N(Cc2ccc(F)cc2)C(=O)CSc2nc(C)cc(C)n2)cc1OC. The van der Waals surface area contributed by atoms with Gasteiger partial charge in [0.25, 0.3) is 5.91 Å². The van der Waals surface area contributed by atoms with Gasteiger partial charge in [0.1, 0.15) is 11.9 Å². The van der Waals surface area contributed by atoms with Gasteiger partial charge in [0, 0.05) is 43.4 Å². The quantitative estimate of drug-likeness (QED) is 0.157. The number of rotatable bonds is 12. The number of hydrogen-bond acceptors (Lipinski definition) is 8. The van der Waals surface area contributed by atoms with Crippen molar-refractivity contribution in [1.82, 2.24) is 14.9 Å². The molecule has 0 saturated carbocycles. The number of ether oxygens (including phenoxy) is 2. The average molecular weight is 618 g/mol. The van der Waals surface area contributed by atoms with Gasteiger partial charge in [-0.15, -0.1) is 0 Å². The van der Waals surface area contributed by atoms with E-state index in [1.807, 2.05) is 51.0 Å². The van der Waals surface area contributed by atoms with Crippen molar-refractivity contribution in [3.05, 3.63) is 101 Å². The van der Waals surface area contributed by atoms with Crippen molar-refractivity contribution < 1.29 is 23.5 Å². The lowest BCUT2D eigenvalue weighted by Crippen LogP contribution is -2.41. The van der Waals surface area contributed by atoms with Crippen molar-refractivity contribution in [2.24, 2.45) is 0 Å². The van der Waals surface area contributed by atoms with Gasteiger partial charge in [0.15, 0.2) is 16.7 Å². The molecule has 0 aliphatic carbocycles. The van der Waals surface area contributed by atoms with E-state index in [1.54, 1.807) is 42.5 Å². The Morgan fingerprint density at radius 3 is 2.11 bits per heavy atom. The Bertz CT molecular complexity index is 1580. The Balaban J connectivity index is 1.75. The van der Waals surface area contributed by atoms with E-state index >= 15 is 0 Å². The minimum absolute atomic E-state index is 0.0291. The normalized spacial score (nSPS) is 11.4. The minimum atomic E-state index is -1.08. The summed E-state index contributed by atoms with van der Waals surface area (Å²) in [5.41, 5.74) is 4.28. The number of aromatic nitrogens is 2. The number of benzene rings is 3. The van der Waals surface area contributed by atoms with Crippen LogP contribution in [0.15, 0.2) is 78.0 Å². The Hall–Kier alpha value is -4.64.